The molecule has 0 aromatic carbocycles. The maximum Gasteiger partial charge on any atom is 0.480 e. The first-order valence-corrected chi connectivity index (χ1v) is 4.63. The van der Waals surface area contributed by atoms with Gasteiger partial charge in [-0.3, -0.25) is 0 Å². The Labute approximate surface area is 72.1 Å². The zero-order valence-electron chi connectivity index (χ0n) is 6.68. The van der Waals surface area contributed by atoms with Gasteiger partial charge in [-0.15, -0.1) is 0 Å². The maximum atomic E-state index is 11.3. The lowest BCUT2D eigenvalue weighted by Crippen LogP contribution is -2.34. The molecule has 12 heavy (non-hydrogen) atoms. The minimum absolute atomic E-state index is 0.325. The number of carbonyl (C=O) groups is 1. The number of diazo groups is 1. The molecule has 66 valence electrons. The summed E-state index contributed by atoms with van der Waals surface area (Å²) in [4.78, 5) is 13.1. The van der Waals surface area contributed by atoms with Gasteiger partial charge in [0.2, 0.25) is 5.39 Å². The van der Waals surface area contributed by atoms with Gasteiger partial charge in [0.25, 0.3) is 0 Å². The lowest BCUT2D eigenvalue weighted by atomic mass is 10.3. The summed E-state index contributed by atoms with van der Waals surface area (Å²) in [7, 11) is -1.56. The number of cyclic esters (lactones) is 1. The summed E-state index contributed by atoms with van der Waals surface area (Å²) in [6.45, 7) is 3.31. The van der Waals surface area contributed by atoms with E-state index in [1.54, 1.807) is 13.8 Å². The summed E-state index contributed by atoms with van der Waals surface area (Å²) in [6, 6.07) is 0. The van der Waals surface area contributed by atoms with Gasteiger partial charge in [-0.1, -0.05) is 6.92 Å². The number of hydrogen-bond donors (Lipinski definition) is 0. The Kier molecular flexibility index (Phi) is 2.45. The molecule has 1 rings (SSSR count). The van der Waals surface area contributed by atoms with Crippen LogP contribution in [-0.4, -0.2) is 26.9 Å². The fraction of sp³-hybridized carbons (Fsp3) is 0.667. The van der Waals surface area contributed by atoms with Crippen molar-refractivity contribution < 1.29 is 14.1 Å². The summed E-state index contributed by atoms with van der Waals surface area (Å²) in [6.07, 6.45) is -0.399. The van der Waals surface area contributed by atoms with Gasteiger partial charge in [0.1, 0.15) is 6.10 Å². The van der Waals surface area contributed by atoms with Crippen molar-refractivity contribution in [3.05, 3.63) is 4.98 Å². The third-order valence-electron chi connectivity index (χ3n) is 1.75. The smallest absolute Gasteiger partial charge is 0.480 e. The Morgan fingerprint density at radius 3 is 2.75 bits per heavy atom. The molecule has 0 aromatic heterocycles. The summed E-state index contributed by atoms with van der Waals surface area (Å²) in [5, 5.41) is 8.00. The molecule has 0 saturated carbocycles. The molecule has 6 heteroatoms. The molecule has 5 nitrogen and oxygen atoms in total. The molecule has 0 amide bonds. The van der Waals surface area contributed by atoms with Crippen molar-refractivity contribution in [1.29, 1.82) is 5.39 Å². The predicted molar refractivity (Wildman–Crippen MR) is 43.5 cm³/mol. The molecule has 0 aliphatic carbocycles. The van der Waals surface area contributed by atoms with Crippen LogP contribution in [-0.2, 0) is 9.53 Å². The number of hydrogen-bond acceptors (Lipinski definition) is 4. The molecule has 0 spiro atoms. The number of nitrogens with zero attached hydrogens (tertiary/aromatic N) is 2. The zero-order chi connectivity index (χ0) is 9.30. The molecular weight excluding hydrogens is 180 g/mol. The average molecular weight is 188 g/mol. The van der Waals surface area contributed by atoms with Crippen LogP contribution in [0, 0.1) is 5.39 Å². The number of carbonyl (C=O) groups excluding carboxylic acids is 1. The van der Waals surface area contributed by atoms with E-state index in [4.69, 9.17) is 10.1 Å². The quantitative estimate of drug-likeness (QED) is 0.318. The van der Waals surface area contributed by atoms with E-state index in [2.05, 4.69) is 4.98 Å². The Balaban J connectivity index is 3.10. The van der Waals surface area contributed by atoms with Crippen LogP contribution in [0.3, 0.4) is 0 Å². The van der Waals surface area contributed by atoms with Crippen molar-refractivity contribution in [2.24, 2.45) is 0 Å². The Hall–Kier alpha value is -0.930. The second-order valence-electron chi connectivity index (χ2n) is 2.52. The van der Waals surface area contributed by atoms with Crippen LogP contribution in [0.5, 0.6) is 0 Å². The molecule has 3 atom stereocenters. The van der Waals surface area contributed by atoms with Gasteiger partial charge < -0.3 is 9.29 Å². The average Bonchev–Trinajstić information content (AvgIpc) is 2.01. The highest BCUT2D eigenvalue weighted by atomic mass is 32.2. The second-order valence-corrected chi connectivity index (χ2v) is 4.24. The first-order chi connectivity index (χ1) is 5.57. The van der Waals surface area contributed by atoms with Crippen molar-refractivity contribution in [3.63, 3.8) is 0 Å². The minimum atomic E-state index is -1.56. The fourth-order valence-corrected chi connectivity index (χ4v) is 1.88. The van der Waals surface area contributed by atoms with Crippen molar-refractivity contribution in [1.82, 2.24) is 0 Å². The summed E-state index contributed by atoms with van der Waals surface area (Å²) in [5.41, 5.74) is 0. The van der Waals surface area contributed by atoms with Gasteiger partial charge in [-0.25, -0.2) is 4.79 Å². The highest BCUT2D eigenvalue weighted by Crippen LogP contribution is 2.27. The van der Waals surface area contributed by atoms with Crippen LogP contribution in [0.4, 0.5) is 0 Å². The first-order valence-electron chi connectivity index (χ1n) is 3.41. The van der Waals surface area contributed by atoms with Gasteiger partial charge in [0, 0.05) is 5.25 Å². The normalized spacial score (nSPS) is 35.7. The van der Waals surface area contributed by atoms with Crippen molar-refractivity contribution in [2.45, 2.75) is 25.2 Å². The molecule has 1 aliphatic heterocycles. The van der Waals surface area contributed by atoms with Gasteiger partial charge in [-0.2, -0.15) is 10.8 Å². The molecular formula is C6H8N2O3S. The van der Waals surface area contributed by atoms with Crippen molar-refractivity contribution >= 4 is 21.7 Å². The van der Waals surface area contributed by atoms with Crippen molar-refractivity contribution in [3.8, 4) is 0 Å². The van der Waals surface area contributed by atoms with E-state index >= 15 is 0 Å². The van der Waals surface area contributed by atoms with Gasteiger partial charge in [0.05, 0.1) is 0 Å². The standard InChI is InChI=1S/C6H8N2O3S/c1-3-4(2)12(10)5(8-7)6(9)11-3/h3-4H,1-2H3/t3-,4+,12?/m1/s1. The molecule has 1 heterocycles. The molecule has 1 unspecified atom stereocenters. The Morgan fingerprint density at radius 1 is 1.67 bits per heavy atom. The second kappa shape index (κ2) is 3.21. The van der Waals surface area contributed by atoms with Crippen LogP contribution < -0.4 is 0 Å². The largest absolute Gasteiger partial charge is 0.797 e. The number of rotatable bonds is 0. The predicted octanol–water partition coefficient (Wildman–Crippen LogP) is 0.702. The van der Waals surface area contributed by atoms with E-state index in [9.17, 15) is 9.35 Å². The lowest BCUT2D eigenvalue weighted by molar-refractivity contribution is -0.139. The van der Waals surface area contributed by atoms with E-state index in [1.807, 2.05) is 0 Å². The molecule has 0 aromatic rings. The van der Waals surface area contributed by atoms with E-state index in [0.29, 0.717) is 0 Å². The molecule has 1 aliphatic rings. The molecule has 0 bridgehead atoms. The Bertz CT molecular complexity index is 294. The summed E-state index contributed by atoms with van der Waals surface area (Å²) in [5.74, 6) is -0.804. The zero-order valence-corrected chi connectivity index (χ0v) is 7.50. The molecule has 0 N–H and O–H groups in total. The van der Waals surface area contributed by atoms with Crippen LogP contribution in [0.15, 0.2) is 0 Å². The van der Waals surface area contributed by atoms with Crippen LogP contribution in [0.25, 0.3) is 4.98 Å². The minimum Gasteiger partial charge on any atom is -0.797 e. The van der Waals surface area contributed by atoms with Crippen LogP contribution in [0.2, 0.25) is 0 Å². The SMILES string of the molecule is C[C@H]1OC(=O)C([N+]#N)=S([O-])[C@H]1C. The molecule has 0 saturated heterocycles. The maximum absolute atomic E-state index is 11.3. The highest BCUT2D eigenvalue weighted by Gasteiger charge is 2.36. The van der Waals surface area contributed by atoms with Gasteiger partial charge in [0.15, 0.2) is 4.98 Å². The monoisotopic (exact) mass is 188 g/mol. The lowest BCUT2D eigenvalue weighted by Gasteiger charge is -2.28. The van der Waals surface area contributed by atoms with E-state index in [1.165, 1.54) is 0 Å². The Morgan fingerprint density at radius 2 is 2.25 bits per heavy atom. The van der Waals surface area contributed by atoms with E-state index < -0.39 is 27.8 Å². The number of ether oxygens (including phenoxy) is 1. The van der Waals surface area contributed by atoms with Crippen LogP contribution in [0.1, 0.15) is 13.8 Å². The van der Waals surface area contributed by atoms with Gasteiger partial charge >= 0.3 is 11.0 Å². The third-order valence-corrected chi connectivity index (χ3v) is 3.44. The third kappa shape index (κ3) is 1.33. The van der Waals surface area contributed by atoms with Crippen LogP contribution >= 0.6 is 10.8 Å². The van der Waals surface area contributed by atoms with Gasteiger partial charge in [-0.05, 0) is 6.92 Å². The number of esters is 1. The summed E-state index contributed by atoms with van der Waals surface area (Å²) >= 11 is 0. The van der Waals surface area contributed by atoms with E-state index in [-0.39, 0.29) is 5.25 Å². The fourth-order valence-electron chi connectivity index (χ4n) is 0.828. The first kappa shape index (κ1) is 9.16. The topological polar surface area (TPSA) is 77.5 Å². The van der Waals surface area contributed by atoms with Crippen molar-refractivity contribution in [2.75, 3.05) is 0 Å². The molecule has 0 fully saturated rings. The highest BCUT2D eigenvalue weighted by molar-refractivity contribution is 8.12. The van der Waals surface area contributed by atoms with E-state index in [0.717, 1.165) is 0 Å². The molecule has 0 radical (unpaired) electrons. The summed E-state index contributed by atoms with van der Waals surface area (Å²) < 4.78 is 16.0.